The first-order chi connectivity index (χ1) is 15.0. The summed E-state index contributed by atoms with van der Waals surface area (Å²) in [7, 11) is -3.34. The Morgan fingerprint density at radius 1 is 1.16 bits per heavy atom. The van der Waals surface area contributed by atoms with Gasteiger partial charge in [-0.15, -0.1) is 0 Å². The monoisotopic (exact) mass is 474 g/mol. The molecule has 0 unspecified atom stereocenters. The number of carbonyl (C=O) groups is 1. The van der Waals surface area contributed by atoms with E-state index in [0.29, 0.717) is 6.54 Å². The minimum Gasteiger partial charge on any atom is -0.340 e. The van der Waals surface area contributed by atoms with Crippen LogP contribution in [-0.2, 0) is 21.4 Å². The molecule has 0 spiro atoms. The molecular formula is C19H25F3N6O3S. The summed E-state index contributed by atoms with van der Waals surface area (Å²) in [6.45, 7) is 1.03. The molecule has 1 aromatic carbocycles. The van der Waals surface area contributed by atoms with Crippen LogP contribution in [0.15, 0.2) is 12.1 Å². The molecule has 2 fully saturated rings. The molecular weight excluding hydrogens is 449 g/mol. The molecule has 2 aliphatic heterocycles. The number of rotatable bonds is 4. The largest absolute Gasteiger partial charge is 0.340 e. The Labute approximate surface area is 183 Å². The molecule has 0 bridgehead atoms. The summed E-state index contributed by atoms with van der Waals surface area (Å²) in [6.07, 6.45) is 0.133. The number of fused-ring (bicyclic) bond motifs is 1. The third-order valence-corrected chi connectivity index (χ3v) is 7.28. The van der Waals surface area contributed by atoms with Gasteiger partial charge in [0.05, 0.1) is 23.3 Å². The van der Waals surface area contributed by atoms with Crippen LogP contribution in [0.4, 0.5) is 19.1 Å². The van der Waals surface area contributed by atoms with Crippen molar-refractivity contribution in [2.24, 2.45) is 5.73 Å². The lowest BCUT2D eigenvalue weighted by Gasteiger charge is -2.35. The van der Waals surface area contributed by atoms with E-state index in [9.17, 15) is 26.4 Å². The van der Waals surface area contributed by atoms with Crippen molar-refractivity contribution in [3.8, 4) is 0 Å². The Kier molecular flexibility index (Phi) is 6.07. The Balaban J connectivity index is 1.62. The predicted molar refractivity (Wildman–Crippen MR) is 112 cm³/mol. The second kappa shape index (κ2) is 8.52. The van der Waals surface area contributed by atoms with Crippen molar-refractivity contribution in [1.82, 2.24) is 18.8 Å². The molecule has 2 aliphatic rings. The van der Waals surface area contributed by atoms with E-state index in [1.807, 2.05) is 0 Å². The Morgan fingerprint density at radius 3 is 2.44 bits per heavy atom. The van der Waals surface area contributed by atoms with Gasteiger partial charge in [0, 0.05) is 51.4 Å². The van der Waals surface area contributed by atoms with E-state index in [4.69, 9.17) is 5.73 Å². The summed E-state index contributed by atoms with van der Waals surface area (Å²) in [5.41, 5.74) is 6.27. The Morgan fingerprint density at radius 2 is 1.81 bits per heavy atom. The molecule has 13 heteroatoms. The van der Waals surface area contributed by atoms with E-state index < -0.39 is 33.9 Å². The number of imidazole rings is 1. The summed E-state index contributed by atoms with van der Waals surface area (Å²) in [5.74, 6) is -2.15. The lowest BCUT2D eigenvalue weighted by atomic mass is 10.1. The molecule has 0 aliphatic carbocycles. The molecule has 2 aromatic rings. The van der Waals surface area contributed by atoms with Crippen LogP contribution in [0.5, 0.6) is 0 Å². The molecule has 9 nitrogen and oxygen atoms in total. The lowest BCUT2D eigenvalue weighted by molar-refractivity contribution is -0.132. The van der Waals surface area contributed by atoms with Gasteiger partial charge in [-0.2, -0.15) is 4.31 Å². The van der Waals surface area contributed by atoms with Crippen LogP contribution in [0.1, 0.15) is 6.42 Å². The normalized spacial score (nSPS) is 23.2. The summed E-state index contributed by atoms with van der Waals surface area (Å²) in [5, 5.41) is 0. The number of aromatic nitrogens is 2. The van der Waals surface area contributed by atoms with Gasteiger partial charge in [0.2, 0.25) is 21.9 Å². The van der Waals surface area contributed by atoms with Crippen LogP contribution in [-0.4, -0.2) is 90.8 Å². The van der Waals surface area contributed by atoms with Gasteiger partial charge in [-0.3, -0.25) is 4.79 Å². The molecule has 0 radical (unpaired) electrons. The van der Waals surface area contributed by atoms with Crippen molar-refractivity contribution >= 4 is 32.9 Å². The van der Waals surface area contributed by atoms with Crippen molar-refractivity contribution < 1.29 is 26.4 Å². The Hall–Kier alpha value is -2.38. The summed E-state index contributed by atoms with van der Waals surface area (Å²) < 4.78 is 67.8. The minimum absolute atomic E-state index is 0.149. The number of anilines is 1. The fourth-order valence-electron chi connectivity index (χ4n) is 4.14. The quantitative estimate of drug-likeness (QED) is 0.683. The predicted octanol–water partition coefficient (Wildman–Crippen LogP) is 0.294. The standard InChI is InChI=1S/C19H25F3N6O3S/c1-32(30,31)27-6-4-25(5-7-27)18(29)11-28-17-9-14(22)13(21)8-16(17)24-19(28)26-3-2-12(20)15(23)10-26/h8-9,12,15H,2-7,10-11,23H2,1H3/t12-,15-/m1/s1. The van der Waals surface area contributed by atoms with Crippen LogP contribution in [0, 0.1) is 11.6 Å². The third-order valence-electron chi connectivity index (χ3n) is 5.98. The number of amides is 1. The van der Waals surface area contributed by atoms with Gasteiger partial charge in [-0.05, 0) is 6.42 Å². The molecule has 3 heterocycles. The number of piperazine rings is 1. The van der Waals surface area contributed by atoms with Gasteiger partial charge in [-0.1, -0.05) is 0 Å². The van der Waals surface area contributed by atoms with Crippen molar-refractivity contribution in [3.63, 3.8) is 0 Å². The number of nitrogens with zero attached hydrogens (tertiary/aromatic N) is 5. The number of carbonyl (C=O) groups excluding carboxylic acids is 1. The van der Waals surface area contributed by atoms with Gasteiger partial charge in [0.25, 0.3) is 0 Å². The molecule has 176 valence electrons. The highest BCUT2D eigenvalue weighted by molar-refractivity contribution is 7.88. The fourth-order valence-corrected chi connectivity index (χ4v) is 4.97. The Bertz CT molecular complexity index is 1130. The molecule has 2 atom stereocenters. The van der Waals surface area contributed by atoms with Crippen molar-refractivity contribution in [2.75, 3.05) is 50.4 Å². The average molecular weight is 475 g/mol. The highest BCUT2D eigenvalue weighted by atomic mass is 32.2. The zero-order valence-corrected chi connectivity index (χ0v) is 18.4. The third kappa shape index (κ3) is 4.41. The first kappa shape index (κ1) is 22.8. The maximum absolute atomic E-state index is 14.0. The first-order valence-electron chi connectivity index (χ1n) is 10.3. The highest BCUT2D eigenvalue weighted by Gasteiger charge is 2.31. The number of nitrogens with two attached hydrogens (primary N) is 1. The van der Waals surface area contributed by atoms with Gasteiger partial charge in [-0.25, -0.2) is 26.6 Å². The SMILES string of the molecule is CS(=O)(=O)N1CCN(C(=O)Cn2c(N3CC[C@@H](F)[C@H](N)C3)nc3cc(F)c(F)cc32)CC1. The maximum atomic E-state index is 14.0. The van der Waals surface area contributed by atoms with Gasteiger partial charge < -0.3 is 20.1 Å². The lowest BCUT2D eigenvalue weighted by Crippen LogP contribution is -2.51. The molecule has 32 heavy (non-hydrogen) atoms. The van der Waals surface area contributed by atoms with E-state index in [0.717, 1.165) is 18.4 Å². The maximum Gasteiger partial charge on any atom is 0.242 e. The van der Waals surface area contributed by atoms with Crippen LogP contribution in [0.2, 0.25) is 0 Å². The van der Waals surface area contributed by atoms with E-state index in [1.54, 1.807) is 4.90 Å². The molecule has 2 saturated heterocycles. The van der Waals surface area contributed by atoms with Crippen LogP contribution in [0.3, 0.4) is 0 Å². The van der Waals surface area contributed by atoms with Gasteiger partial charge in [0.1, 0.15) is 12.7 Å². The number of piperidine rings is 1. The molecule has 1 amide bonds. The van der Waals surface area contributed by atoms with E-state index in [1.165, 1.54) is 13.8 Å². The zero-order chi connectivity index (χ0) is 23.2. The highest BCUT2D eigenvalue weighted by Crippen LogP contribution is 2.28. The number of alkyl halides is 1. The fraction of sp³-hybridized carbons (Fsp3) is 0.579. The van der Waals surface area contributed by atoms with Gasteiger partial charge in [0.15, 0.2) is 11.6 Å². The van der Waals surface area contributed by atoms with E-state index in [2.05, 4.69) is 4.98 Å². The van der Waals surface area contributed by atoms with Crippen molar-refractivity contribution in [2.45, 2.75) is 25.2 Å². The molecule has 2 N–H and O–H groups in total. The van der Waals surface area contributed by atoms with Crippen LogP contribution >= 0.6 is 0 Å². The first-order valence-corrected chi connectivity index (χ1v) is 12.1. The van der Waals surface area contributed by atoms with E-state index in [-0.39, 0.29) is 68.6 Å². The average Bonchev–Trinajstić information content (AvgIpc) is 3.07. The van der Waals surface area contributed by atoms with Gasteiger partial charge >= 0.3 is 0 Å². The smallest absolute Gasteiger partial charge is 0.242 e. The number of halogens is 3. The van der Waals surface area contributed by atoms with E-state index >= 15 is 0 Å². The number of benzene rings is 1. The number of sulfonamides is 1. The second-order valence-electron chi connectivity index (χ2n) is 8.21. The summed E-state index contributed by atoms with van der Waals surface area (Å²) in [6, 6.07) is 1.20. The van der Waals surface area contributed by atoms with Crippen molar-refractivity contribution in [3.05, 3.63) is 23.8 Å². The summed E-state index contributed by atoms with van der Waals surface area (Å²) >= 11 is 0. The minimum atomic E-state index is -3.34. The number of hydrogen-bond acceptors (Lipinski definition) is 6. The molecule has 1 aromatic heterocycles. The molecule has 4 rings (SSSR count). The zero-order valence-electron chi connectivity index (χ0n) is 17.5. The van der Waals surface area contributed by atoms with Crippen LogP contribution in [0.25, 0.3) is 11.0 Å². The topological polar surface area (TPSA) is 105 Å². The van der Waals surface area contributed by atoms with Crippen molar-refractivity contribution in [1.29, 1.82) is 0 Å². The summed E-state index contributed by atoms with van der Waals surface area (Å²) in [4.78, 5) is 20.6. The second-order valence-corrected chi connectivity index (χ2v) is 10.2. The number of hydrogen-bond donors (Lipinski definition) is 1. The van der Waals surface area contributed by atoms with Crippen LogP contribution < -0.4 is 10.6 Å². The molecule has 0 saturated carbocycles.